The van der Waals surface area contributed by atoms with Gasteiger partial charge in [-0.25, -0.2) is 0 Å². The molecule has 7 rings (SSSR count). The van der Waals surface area contributed by atoms with Crippen LogP contribution in [0.5, 0.6) is 11.5 Å². The van der Waals surface area contributed by atoms with E-state index in [2.05, 4.69) is 11.1 Å². The summed E-state index contributed by atoms with van der Waals surface area (Å²) in [6.07, 6.45) is 1.00. The van der Waals surface area contributed by atoms with Gasteiger partial charge in [0.1, 0.15) is 11.5 Å². The van der Waals surface area contributed by atoms with Crippen LogP contribution in [0.4, 0.5) is 0 Å². The predicted octanol–water partition coefficient (Wildman–Crippen LogP) is 4.57. The second kappa shape index (κ2) is 9.38. The first-order valence-corrected chi connectivity index (χ1v) is 14.9. The van der Waals surface area contributed by atoms with E-state index in [4.69, 9.17) is 9.84 Å². The lowest BCUT2D eigenvalue weighted by molar-refractivity contribution is -0.142. The summed E-state index contributed by atoms with van der Waals surface area (Å²) in [4.78, 5) is 55.7. The van der Waals surface area contributed by atoms with Crippen LogP contribution in [0.2, 0.25) is 0 Å². The number of fused-ring (bicyclic) bond motifs is 9. The Kier molecular flexibility index (Phi) is 5.93. The number of nitrogens with one attached hydrogen (secondary N) is 1. The first-order chi connectivity index (χ1) is 18.9. The van der Waals surface area contributed by atoms with Crippen molar-refractivity contribution in [1.29, 1.82) is 0 Å². The molecule has 2 aliphatic heterocycles. The number of aromatic nitrogens is 1. The number of amides is 2. The molecule has 8 nitrogen and oxygen atoms in total. The monoisotopic (exact) mass is 562 g/mol. The topological polar surface area (TPSA) is 117 Å². The van der Waals surface area contributed by atoms with Gasteiger partial charge in [-0.15, -0.1) is 11.8 Å². The molecular formula is C29H26N2O6S2. The number of hydrogen-bond acceptors (Lipinski definition) is 7. The molecule has 200 valence electrons. The number of thiazole rings is 1. The fourth-order valence-electron chi connectivity index (χ4n) is 7.46. The number of para-hydroxylation sites is 1. The molecule has 7 unspecified atom stereocenters. The van der Waals surface area contributed by atoms with Gasteiger partial charge in [-0.05, 0) is 60.4 Å². The van der Waals surface area contributed by atoms with Gasteiger partial charge in [0.2, 0.25) is 11.8 Å². The molecule has 3 aromatic rings. The van der Waals surface area contributed by atoms with Crippen molar-refractivity contribution >= 4 is 40.9 Å². The standard InChI is InChI=1S/C29H26N2O6S2/c32-19(33)10-5-11-31-27(34)22-17-13-18(23(22)28(31)35)24-21(17)20(25-26(38-24)30-29(36)39-25)14-6-4-9-16(12-14)37-15-7-2-1-3-8-15/h1-4,6-9,12,17-18,20-24H,5,10-11,13H2,(H,30,36)(H,32,33). The Morgan fingerprint density at radius 2 is 1.74 bits per heavy atom. The summed E-state index contributed by atoms with van der Waals surface area (Å²) in [7, 11) is 0. The van der Waals surface area contributed by atoms with Crippen molar-refractivity contribution in [3.05, 3.63) is 74.7 Å². The number of benzene rings is 2. The fourth-order valence-corrected chi connectivity index (χ4v) is 10.3. The Hall–Kier alpha value is -3.37. The number of aromatic amines is 1. The van der Waals surface area contributed by atoms with E-state index in [1.807, 2.05) is 48.5 Å². The van der Waals surface area contributed by atoms with Crippen molar-refractivity contribution < 1.29 is 24.2 Å². The van der Waals surface area contributed by atoms with Gasteiger partial charge < -0.3 is 14.8 Å². The van der Waals surface area contributed by atoms with Gasteiger partial charge in [0, 0.05) is 29.0 Å². The van der Waals surface area contributed by atoms with E-state index in [1.54, 1.807) is 11.8 Å². The molecule has 39 heavy (non-hydrogen) atoms. The molecule has 10 heteroatoms. The number of carboxylic acids is 1. The van der Waals surface area contributed by atoms with E-state index < -0.39 is 5.97 Å². The number of rotatable bonds is 7. The third kappa shape index (κ3) is 3.95. The summed E-state index contributed by atoms with van der Waals surface area (Å²) in [5, 5.41) is 9.99. The van der Waals surface area contributed by atoms with E-state index in [9.17, 15) is 19.2 Å². The van der Waals surface area contributed by atoms with Crippen LogP contribution in [0.25, 0.3) is 0 Å². The van der Waals surface area contributed by atoms with Crippen LogP contribution in [0.1, 0.15) is 35.6 Å². The van der Waals surface area contributed by atoms with E-state index in [0.717, 1.165) is 27.6 Å². The lowest BCUT2D eigenvalue weighted by Gasteiger charge is -2.43. The zero-order chi connectivity index (χ0) is 26.8. The average Bonchev–Trinajstić information content (AvgIpc) is 3.65. The maximum Gasteiger partial charge on any atom is 0.305 e. The van der Waals surface area contributed by atoms with E-state index in [0.29, 0.717) is 5.75 Å². The Morgan fingerprint density at radius 1 is 1.00 bits per heavy atom. The summed E-state index contributed by atoms with van der Waals surface area (Å²) in [5.41, 5.74) is 1.04. The minimum absolute atomic E-state index is 0.0208. The number of carboxylic acid groups (broad SMARTS) is 1. The Bertz CT molecular complexity index is 1530. The van der Waals surface area contributed by atoms with Crippen LogP contribution >= 0.6 is 23.1 Å². The number of imide groups is 1. The number of H-pyrrole nitrogens is 1. The molecule has 2 saturated carbocycles. The molecule has 4 aliphatic rings. The molecule has 1 aromatic heterocycles. The first kappa shape index (κ1) is 24.7. The third-order valence-corrected chi connectivity index (χ3v) is 11.4. The van der Waals surface area contributed by atoms with Crippen LogP contribution in [0.15, 0.2) is 64.4 Å². The number of thioether (sulfide) groups is 1. The highest BCUT2D eigenvalue weighted by Gasteiger charge is 2.69. The molecule has 2 amide bonds. The zero-order valence-electron chi connectivity index (χ0n) is 20.8. The van der Waals surface area contributed by atoms with Crippen LogP contribution in [0, 0.1) is 29.6 Å². The molecule has 3 fully saturated rings. The first-order valence-electron chi connectivity index (χ1n) is 13.2. The average molecular weight is 563 g/mol. The van der Waals surface area contributed by atoms with Gasteiger partial charge in [0.15, 0.2) is 0 Å². The number of carbonyl (C=O) groups is 3. The maximum absolute atomic E-state index is 13.6. The maximum atomic E-state index is 13.6. The minimum atomic E-state index is -0.932. The summed E-state index contributed by atoms with van der Waals surface area (Å²) in [6, 6.07) is 17.5. The van der Waals surface area contributed by atoms with E-state index in [1.165, 1.54) is 16.2 Å². The van der Waals surface area contributed by atoms with Gasteiger partial charge in [0.05, 0.1) is 16.9 Å². The smallest absolute Gasteiger partial charge is 0.305 e. The number of ether oxygens (including phenoxy) is 1. The zero-order valence-corrected chi connectivity index (χ0v) is 22.5. The number of hydrogen-bond donors (Lipinski definition) is 2. The van der Waals surface area contributed by atoms with Gasteiger partial charge in [-0.3, -0.25) is 24.1 Å². The van der Waals surface area contributed by atoms with Crippen molar-refractivity contribution in [2.45, 2.75) is 35.5 Å². The fraction of sp³-hybridized carbons (Fsp3) is 0.379. The molecule has 0 radical (unpaired) electrons. The van der Waals surface area contributed by atoms with Crippen LogP contribution in [-0.2, 0) is 14.4 Å². The number of likely N-dealkylation sites (tertiary alicyclic amines) is 1. The van der Waals surface area contributed by atoms with Gasteiger partial charge in [0.25, 0.3) is 0 Å². The van der Waals surface area contributed by atoms with Gasteiger partial charge in [-0.2, -0.15) is 0 Å². The van der Waals surface area contributed by atoms with Crippen molar-refractivity contribution in [2.24, 2.45) is 29.6 Å². The number of carbonyl (C=O) groups excluding carboxylic acids is 2. The second-order valence-corrected chi connectivity index (χ2v) is 13.0. The van der Waals surface area contributed by atoms with Gasteiger partial charge in [-0.1, -0.05) is 41.7 Å². The Balaban J connectivity index is 1.24. The number of nitrogens with zero attached hydrogens (tertiary/aromatic N) is 1. The normalized spacial score (nSPS) is 30.3. The largest absolute Gasteiger partial charge is 0.481 e. The molecule has 2 aliphatic carbocycles. The lowest BCUT2D eigenvalue weighted by Crippen LogP contribution is -2.42. The van der Waals surface area contributed by atoms with Crippen LogP contribution in [-0.4, -0.2) is 44.6 Å². The molecule has 2 N–H and O–H groups in total. The minimum Gasteiger partial charge on any atom is -0.481 e. The van der Waals surface area contributed by atoms with Crippen molar-refractivity contribution in [1.82, 2.24) is 9.88 Å². The molecular weight excluding hydrogens is 536 g/mol. The predicted molar refractivity (Wildman–Crippen MR) is 145 cm³/mol. The molecule has 0 spiro atoms. The third-order valence-electron chi connectivity index (χ3n) is 8.78. The van der Waals surface area contributed by atoms with E-state index >= 15 is 0 Å². The van der Waals surface area contributed by atoms with E-state index in [-0.39, 0.29) is 76.8 Å². The molecule has 2 aromatic carbocycles. The molecule has 3 heterocycles. The summed E-state index contributed by atoms with van der Waals surface area (Å²) in [5.74, 6) is -0.461. The SMILES string of the molecule is O=C(O)CCCN1C(=O)C2C3CC(C2C1=O)C1C(c2cccc(Oc4ccccc4)c2)c2sc(=O)[nH]c2SC31. The Morgan fingerprint density at radius 3 is 2.51 bits per heavy atom. The Labute approximate surface area is 232 Å². The van der Waals surface area contributed by atoms with Crippen molar-refractivity contribution in [3.8, 4) is 11.5 Å². The summed E-state index contributed by atoms with van der Waals surface area (Å²) in [6.45, 7) is 0.155. The second-order valence-electron chi connectivity index (χ2n) is 10.8. The highest BCUT2D eigenvalue weighted by atomic mass is 32.2. The molecule has 1 saturated heterocycles. The van der Waals surface area contributed by atoms with Crippen LogP contribution < -0.4 is 9.61 Å². The highest BCUT2D eigenvalue weighted by Crippen LogP contribution is 2.68. The van der Waals surface area contributed by atoms with Crippen LogP contribution in [0.3, 0.4) is 0 Å². The molecule has 2 bridgehead atoms. The summed E-state index contributed by atoms with van der Waals surface area (Å²) >= 11 is 2.89. The highest BCUT2D eigenvalue weighted by molar-refractivity contribution is 8.00. The summed E-state index contributed by atoms with van der Waals surface area (Å²) < 4.78 is 6.13. The quantitative estimate of drug-likeness (QED) is 0.405. The van der Waals surface area contributed by atoms with Gasteiger partial charge >= 0.3 is 10.8 Å². The number of aliphatic carboxylic acids is 1. The van der Waals surface area contributed by atoms with Crippen molar-refractivity contribution in [3.63, 3.8) is 0 Å². The molecule has 7 atom stereocenters. The van der Waals surface area contributed by atoms with Crippen molar-refractivity contribution in [2.75, 3.05) is 6.54 Å². The lowest BCUT2D eigenvalue weighted by atomic mass is 9.68.